The first kappa shape index (κ1) is 23.5. The lowest BCUT2D eigenvalue weighted by Crippen LogP contribution is -2.37. The molecule has 3 aromatic heterocycles. The Hall–Kier alpha value is -3.67. The molecule has 0 aromatic carbocycles. The molecule has 3 heterocycles. The van der Waals surface area contributed by atoms with Gasteiger partial charge in [-0.1, -0.05) is 27.7 Å². The number of ether oxygens (including phenoxy) is 2. The molecule has 1 saturated carbocycles. The summed E-state index contributed by atoms with van der Waals surface area (Å²) in [4.78, 5) is 38.4. The van der Waals surface area contributed by atoms with E-state index < -0.39 is 11.9 Å². The number of hydrogen-bond donors (Lipinski definition) is 1. The maximum absolute atomic E-state index is 13.4. The quantitative estimate of drug-likeness (QED) is 0.425. The van der Waals surface area contributed by atoms with Gasteiger partial charge in [-0.25, -0.2) is 23.9 Å². The van der Waals surface area contributed by atoms with Gasteiger partial charge in [-0.3, -0.25) is 10.1 Å². The second kappa shape index (κ2) is 9.29. The van der Waals surface area contributed by atoms with Gasteiger partial charge in [0.1, 0.15) is 17.5 Å². The third-order valence-electron chi connectivity index (χ3n) is 6.55. The number of aromatic nitrogens is 4. The number of aryl methyl sites for hydroxylation is 2. The molecular weight excluding hydrogens is 434 g/mol. The van der Waals surface area contributed by atoms with E-state index in [4.69, 9.17) is 16.0 Å². The van der Waals surface area contributed by atoms with Crippen LogP contribution in [0, 0.1) is 31.2 Å². The van der Waals surface area contributed by atoms with Gasteiger partial charge >= 0.3 is 11.9 Å². The molecule has 0 amide bonds. The molecule has 0 bridgehead atoms. The second-order valence-electron chi connectivity index (χ2n) is 9.30. The summed E-state index contributed by atoms with van der Waals surface area (Å²) in [6, 6.07) is 1.55. The fourth-order valence-electron chi connectivity index (χ4n) is 5.02. The number of nitrogens with zero attached hydrogens (tertiary/aromatic N) is 4. The highest BCUT2D eigenvalue weighted by Gasteiger charge is 2.37. The monoisotopic (exact) mass is 463 g/mol. The largest absolute Gasteiger partial charge is 0.459 e. The Kier molecular flexibility index (Phi) is 6.42. The lowest BCUT2D eigenvalue weighted by Gasteiger charge is -2.37. The van der Waals surface area contributed by atoms with Crippen LogP contribution in [-0.2, 0) is 11.2 Å². The topological polar surface area (TPSA) is 103 Å². The molecule has 4 rings (SSSR count). The first-order valence-electron chi connectivity index (χ1n) is 11.6. The average molecular weight is 464 g/mol. The van der Waals surface area contributed by atoms with E-state index in [2.05, 4.69) is 40.7 Å². The fraction of sp³-hybridized carbons (Fsp3) is 0.480. The molecule has 9 nitrogen and oxygen atoms in total. The van der Waals surface area contributed by atoms with Crippen LogP contribution in [0.15, 0.2) is 18.5 Å². The first-order chi connectivity index (χ1) is 16.2. The molecule has 0 radical (unpaired) electrons. The van der Waals surface area contributed by atoms with Gasteiger partial charge in [-0.2, -0.15) is 0 Å². The predicted molar refractivity (Wildman–Crippen MR) is 125 cm³/mol. The van der Waals surface area contributed by atoms with E-state index in [1.807, 2.05) is 6.92 Å². The fourth-order valence-corrected chi connectivity index (χ4v) is 5.02. The first-order valence-corrected chi connectivity index (χ1v) is 11.6. The van der Waals surface area contributed by atoms with E-state index in [-0.39, 0.29) is 40.7 Å². The van der Waals surface area contributed by atoms with Crippen LogP contribution >= 0.6 is 0 Å². The second-order valence-corrected chi connectivity index (χ2v) is 9.30. The summed E-state index contributed by atoms with van der Waals surface area (Å²) in [6.07, 6.45) is 5.30. The molecule has 1 aliphatic rings. The van der Waals surface area contributed by atoms with Gasteiger partial charge in [-0.05, 0) is 49.1 Å². The Morgan fingerprint density at radius 1 is 1.24 bits per heavy atom. The standard InChI is InChI=1S/C25H29N5O4/c1-7-18-28-22-19(25(32)33-21-14(3)10-13(2)11-15(21)4)20(26-6)23(30(22)29-18)34-24(31)17-8-9-27-12-16(17)5/h8-9,12-15,21H,7,10-11H2,1-5H3,(H,28,29). The SMILES string of the molecule is [C-]#[N+]c1c(C(=O)OC2C(C)CC(C)CC2C)c2nc(CC)[nH]n2c1OC(=O)c1ccncc1C. The van der Waals surface area contributed by atoms with Crippen LogP contribution in [0.25, 0.3) is 10.5 Å². The van der Waals surface area contributed by atoms with Crippen LogP contribution in [-0.4, -0.2) is 37.6 Å². The van der Waals surface area contributed by atoms with Crippen LogP contribution < -0.4 is 4.74 Å². The Balaban J connectivity index is 1.75. The van der Waals surface area contributed by atoms with Crippen molar-refractivity contribution in [1.82, 2.24) is 19.6 Å². The minimum absolute atomic E-state index is 0.0122. The smallest absolute Gasteiger partial charge is 0.344 e. The van der Waals surface area contributed by atoms with Gasteiger partial charge < -0.3 is 9.47 Å². The normalized spacial score (nSPS) is 22.4. The molecule has 1 aliphatic carbocycles. The van der Waals surface area contributed by atoms with Gasteiger partial charge in [0.05, 0.1) is 12.1 Å². The summed E-state index contributed by atoms with van der Waals surface area (Å²) in [5, 5.41) is 3.03. The molecular formula is C25H29N5O4. The van der Waals surface area contributed by atoms with Crippen LogP contribution in [0.2, 0.25) is 0 Å². The predicted octanol–water partition coefficient (Wildman–Crippen LogP) is 4.93. The van der Waals surface area contributed by atoms with Crippen molar-refractivity contribution >= 4 is 23.3 Å². The number of esters is 2. The minimum Gasteiger partial charge on any atom is -0.459 e. The van der Waals surface area contributed by atoms with Crippen molar-refractivity contribution in [2.75, 3.05) is 0 Å². The molecule has 1 N–H and O–H groups in total. The number of nitrogens with one attached hydrogen (secondary N) is 1. The number of carbonyl (C=O) groups excluding carboxylic acids is 2. The highest BCUT2D eigenvalue weighted by atomic mass is 16.6. The van der Waals surface area contributed by atoms with Crippen molar-refractivity contribution in [2.45, 2.75) is 60.0 Å². The zero-order chi connectivity index (χ0) is 24.6. The molecule has 9 heteroatoms. The van der Waals surface area contributed by atoms with E-state index in [9.17, 15) is 9.59 Å². The molecule has 1 fully saturated rings. The summed E-state index contributed by atoms with van der Waals surface area (Å²) in [6.45, 7) is 17.8. The Labute approximate surface area is 198 Å². The summed E-state index contributed by atoms with van der Waals surface area (Å²) in [5.74, 6) is 0.207. The van der Waals surface area contributed by atoms with Crippen molar-refractivity contribution in [3.8, 4) is 5.88 Å². The lowest BCUT2D eigenvalue weighted by molar-refractivity contribution is -0.0249. The third-order valence-corrected chi connectivity index (χ3v) is 6.55. The van der Waals surface area contributed by atoms with Crippen LogP contribution in [0.1, 0.15) is 72.6 Å². The number of carbonyl (C=O) groups is 2. The maximum atomic E-state index is 13.4. The summed E-state index contributed by atoms with van der Waals surface area (Å²) < 4.78 is 13.0. The van der Waals surface area contributed by atoms with Crippen molar-refractivity contribution < 1.29 is 19.1 Å². The van der Waals surface area contributed by atoms with Crippen molar-refractivity contribution in [3.63, 3.8) is 0 Å². The summed E-state index contributed by atoms with van der Waals surface area (Å²) in [7, 11) is 0. The lowest BCUT2D eigenvalue weighted by atomic mass is 9.75. The Morgan fingerprint density at radius 2 is 1.94 bits per heavy atom. The molecule has 3 aromatic rings. The van der Waals surface area contributed by atoms with Gasteiger partial charge in [-0.15, -0.1) is 0 Å². The van der Waals surface area contributed by atoms with E-state index in [0.29, 0.717) is 29.3 Å². The number of rotatable bonds is 5. The molecule has 0 aliphatic heterocycles. The minimum atomic E-state index is -0.653. The highest BCUT2D eigenvalue weighted by molar-refractivity contribution is 6.05. The Bertz CT molecular complexity index is 1270. The Morgan fingerprint density at radius 3 is 2.56 bits per heavy atom. The number of H-pyrrole nitrogens is 1. The van der Waals surface area contributed by atoms with E-state index in [1.54, 1.807) is 19.2 Å². The maximum Gasteiger partial charge on any atom is 0.344 e. The van der Waals surface area contributed by atoms with Crippen molar-refractivity contribution in [1.29, 1.82) is 0 Å². The number of hydrogen-bond acceptors (Lipinski definition) is 6. The molecule has 34 heavy (non-hydrogen) atoms. The molecule has 0 spiro atoms. The molecule has 0 saturated heterocycles. The van der Waals surface area contributed by atoms with E-state index >= 15 is 0 Å². The third kappa shape index (κ3) is 4.16. The van der Waals surface area contributed by atoms with E-state index in [0.717, 1.165) is 12.8 Å². The molecule has 2 unspecified atom stereocenters. The van der Waals surface area contributed by atoms with E-state index in [1.165, 1.54) is 10.7 Å². The summed E-state index contributed by atoms with van der Waals surface area (Å²) in [5.41, 5.74) is 1.08. The zero-order valence-corrected chi connectivity index (χ0v) is 20.1. The molecule has 2 atom stereocenters. The highest BCUT2D eigenvalue weighted by Crippen LogP contribution is 2.40. The summed E-state index contributed by atoms with van der Waals surface area (Å²) >= 11 is 0. The van der Waals surface area contributed by atoms with Crippen LogP contribution in [0.3, 0.4) is 0 Å². The molecule has 178 valence electrons. The van der Waals surface area contributed by atoms with Gasteiger partial charge in [0.2, 0.25) is 5.88 Å². The zero-order valence-electron chi connectivity index (χ0n) is 20.1. The number of aromatic amines is 1. The van der Waals surface area contributed by atoms with Gasteiger partial charge in [0.15, 0.2) is 5.65 Å². The van der Waals surface area contributed by atoms with Crippen LogP contribution in [0.4, 0.5) is 5.69 Å². The van der Waals surface area contributed by atoms with Crippen molar-refractivity contribution in [3.05, 3.63) is 52.4 Å². The van der Waals surface area contributed by atoms with Crippen molar-refractivity contribution in [2.24, 2.45) is 17.8 Å². The number of pyridine rings is 1. The van der Waals surface area contributed by atoms with Gasteiger partial charge in [0.25, 0.3) is 5.69 Å². The average Bonchev–Trinajstić information content (AvgIpc) is 3.33. The number of fused-ring (bicyclic) bond motifs is 1. The van der Waals surface area contributed by atoms with Gasteiger partial charge in [0, 0.05) is 18.8 Å². The van der Waals surface area contributed by atoms with Crippen LogP contribution in [0.5, 0.6) is 5.88 Å².